The summed E-state index contributed by atoms with van der Waals surface area (Å²) in [6.07, 6.45) is 8.87. The number of carbonyl (C=O) groups is 2. The molecule has 5 rings (SSSR count). The molecule has 34 heavy (non-hydrogen) atoms. The molecule has 4 fully saturated rings. The summed E-state index contributed by atoms with van der Waals surface area (Å²) in [4.78, 5) is 24.3. The lowest BCUT2D eigenvalue weighted by atomic mass is 9.52. The number of nitrogens with zero attached hydrogens (tertiary/aromatic N) is 2. The number of hydrogen-bond acceptors (Lipinski definition) is 6. The molecule has 4 aliphatic rings. The lowest BCUT2D eigenvalue weighted by Gasteiger charge is -2.58. The van der Waals surface area contributed by atoms with Crippen LogP contribution in [0.4, 0.5) is 4.79 Å². The van der Waals surface area contributed by atoms with Gasteiger partial charge in [-0.05, 0) is 55.8 Å². The van der Waals surface area contributed by atoms with Crippen molar-refractivity contribution in [3.8, 4) is 5.88 Å². The quantitative estimate of drug-likeness (QED) is 0.504. The minimum absolute atomic E-state index is 0.0750. The molecule has 9 nitrogen and oxygen atoms in total. The minimum Gasteiger partial charge on any atom is -0.477 e. The van der Waals surface area contributed by atoms with Crippen LogP contribution < -0.4 is 15.8 Å². The molecule has 2 unspecified atom stereocenters. The number of hydrogen-bond donors (Lipinski definition) is 3. The molecule has 2 atom stereocenters. The van der Waals surface area contributed by atoms with Gasteiger partial charge >= 0.3 is 6.09 Å². The molecule has 0 aliphatic heterocycles. The lowest BCUT2D eigenvalue weighted by molar-refractivity contribution is -0.136. The Morgan fingerprint density at radius 1 is 1.32 bits per heavy atom. The van der Waals surface area contributed by atoms with Gasteiger partial charge in [-0.25, -0.2) is 9.48 Å². The van der Waals surface area contributed by atoms with Gasteiger partial charge in [0, 0.05) is 17.7 Å². The average molecular weight is 475 g/mol. The Morgan fingerprint density at radius 3 is 2.59 bits per heavy atom. The van der Waals surface area contributed by atoms with Crippen molar-refractivity contribution >= 4 is 18.2 Å². The fraction of sp³-hybridized carbons (Fsp3) is 0.720. The maximum atomic E-state index is 13.4. The topological polar surface area (TPSA) is 129 Å². The molecule has 0 saturated heterocycles. The third-order valence-corrected chi connectivity index (χ3v) is 7.34. The molecule has 188 valence electrons. The van der Waals surface area contributed by atoms with E-state index in [9.17, 15) is 14.7 Å². The van der Waals surface area contributed by atoms with Gasteiger partial charge in [-0.3, -0.25) is 4.79 Å². The van der Waals surface area contributed by atoms with Crippen molar-refractivity contribution in [3.05, 3.63) is 17.8 Å². The van der Waals surface area contributed by atoms with Crippen LogP contribution in [0.3, 0.4) is 0 Å². The standard InChI is InChI=1S/C25H38N4O5/c1-15(2)13-33-22-19(12-27-29(22)6-5-24(3,4)14-34-23(26)31)21(30)28-20-17-7-16-8-18(20)11-25(32,9-16)10-17/h5-6,12,15-18,20,32H,7-11,13-14H2,1-4H3,(H2,26,31)(H,28,30). The van der Waals surface area contributed by atoms with Crippen LogP contribution in [0.15, 0.2) is 12.3 Å². The van der Waals surface area contributed by atoms with E-state index in [2.05, 4.69) is 10.4 Å². The first kappa shape index (κ1) is 24.6. The van der Waals surface area contributed by atoms with Crippen molar-refractivity contribution in [1.29, 1.82) is 0 Å². The first-order chi connectivity index (χ1) is 15.9. The van der Waals surface area contributed by atoms with E-state index in [0.29, 0.717) is 35.8 Å². The van der Waals surface area contributed by atoms with Gasteiger partial charge in [-0.2, -0.15) is 5.10 Å². The van der Waals surface area contributed by atoms with E-state index < -0.39 is 17.1 Å². The van der Waals surface area contributed by atoms with E-state index in [4.69, 9.17) is 15.2 Å². The number of nitrogens with one attached hydrogen (secondary N) is 1. The molecule has 1 aromatic rings. The molecule has 0 aromatic carbocycles. The molecule has 4 N–H and O–H groups in total. The predicted molar refractivity (Wildman–Crippen MR) is 127 cm³/mol. The van der Waals surface area contributed by atoms with Gasteiger partial charge in [0.1, 0.15) is 12.2 Å². The van der Waals surface area contributed by atoms with E-state index >= 15 is 0 Å². The largest absolute Gasteiger partial charge is 0.477 e. The Hall–Kier alpha value is -2.55. The predicted octanol–water partition coefficient (Wildman–Crippen LogP) is 3.18. The first-order valence-electron chi connectivity index (χ1n) is 12.3. The van der Waals surface area contributed by atoms with Gasteiger partial charge in [-0.1, -0.05) is 33.8 Å². The highest BCUT2D eigenvalue weighted by molar-refractivity contribution is 5.96. The van der Waals surface area contributed by atoms with E-state index in [0.717, 1.165) is 32.1 Å². The SMILES string of the molecule is CC(C)COc1c(C(=O)NC2C3CC4CC2CC(O)(C4)C3)cnn1C=CC(C)(C)COC(N)=O. The molecule has 0 spiro atoms. The average Bonchev–Trinajstić information content (AvgIpc) is 3.14. The molecule has 4 saturated carbocycles. The number of nitrogens with two attached hydrogens (primary N) is 1. The number of primary amides is 1. The Balaban J connectivity index is 1.51. The third-order valence-electron chi connectivity index (χ3n) is 7.34. The van der Waals surface area contributed by atoms with Crippen LogP contribution in [0.25, 0.3) is 6.20 Å². The first-order valence-corrected chi connectivity index (χ1v) is 12.3. The van der Waals surface area contributed by atoms with Crippen LogP contribution in [0.2, 0.25) is 0 Å². The zero-order valence-electron chi connectivity index (χ0n) is 20.6. The normalized spacial score (nSPS) is 30.2. The molecule has 1 aromatic heterocycles. The molecule has 4 aliphatic carbocycles. The smallest absolute Gasteiger partial charge is 0.404 e. The highest BCUT2D eigenvalue weighted by atomic mass is 16.5. The number of amides is 2. The Labute approximate surface area is 201 Å². The summed E-state index contributed by atoms with van der Waals surface area (Å²) in [6, 6.07) is 0.0750. The summed E-state index contributed by atoms with van der Waals surface area (Å²) in [5, 5.41) is 18.5. The van der Waals surface area contributed by atoms with Gasteiger partial charge in [0.05, 0.1) is 18.4 Å². The van der Waals surface area contributed by atoms with Gasteiger partial charge < -0.3 is 25.6 Å². The minimum atomic E-state index is -0.822. The highest BCUT2D eigenvalue weighted by Gasteiger charge is 2.55. The zero-order chi connectivity index (χ0) is 24.7. The highest BCUT2D eigenvalue weighted by Crippen LogP contribution is 2.55. The van der Waals surface area contributed by atoms with Crippen molar-refractivity contribution < 1.29 is 24.2 Å². The summed E-state index contributed by atoms with van der Waals surface area (Å²) in [5.74, 6) is 1.68. The van der Waals surface area contributed by atoms with Crippen LogP contribution in [-0.4, -0.2) is 51.7 Å². The zero-order valence-corrected chi connectivity index (χ0v) is 20.6. The molecular weight excluding hydrogens is 436 g/mol. The summed E-state index contributed by atoms with van der Waals surface area (Å²) in [5.41, 5.74) is 4.45. The summed E-state index contributed by atoms with van der Waals surface area (Å²) >= 11 is 0. The van der Waals surface area contributed by atoms with Crippen molar-refractivity contribution in [2.45, 2.75) is 71.4 Å². The second-order valence-electron chi connectivity index (χ2n) is 11.6. The van der Waals surface area contributed by atoms with E-state index in [1.165, 1.54) is 6.20 Å². The number of aromatic nitrogens is 2. The van der Waals surface area contributed by atoms with Gasteiger partial charge in [-0.15, -0.1) is 0 Å². The second-order valence-corrected chi connectivity index (χ2v) is 11.6. The van der Waals surface area contributed by atoms with Crippen molar-refractivity contribution in [1.82, 2.24) is 15.1 Å². The number of carbonyl (C=O) groups excluding carboxylic acids is 2. The molecule has 9 heteroatoms. The Bertz CT molecular complexity index is 937. The van der Waals surface area contributed by atoms with Gasteiger partial charge in [0.15, 0.2) is 0 Å². The van der Waals surface area contributed by atoms with E-state index in [1.54, 1.807) is 10.9 Å². The fourth-order valence-corrected chi connectivity index (χ4v) is 6.03. The molecule has 1 heterocycles. The summed E-state index contributed by atoms with van der Waals surface area (Å²) in [7, 11) is 0. The van der Waals surface area contributed by atoms with Crippen molar-refractivity contribution in [3.63, 3.8) is 0 Å². The Morgan fingerprint density at radius 2 is 2.00 bits per heavy atom. The maximum absolute atomic E-state index is 13.4. The van der Waals surface area contributed by atoms with Gasteiger partial charge in [0.25, 0.3) is 5.91 Å². The van der Waals surface area contributed by atoms with Crippen LogP contribution >= 0.6 is 0 Å². The second kappa shape index (κ2) is 9.24. The summed E-state index contributed by atoms with van der Waals surface area (Å²) < 4.78 is 12.5. The van der Waals surface area contributed by atoms with E-state index in [1.807, 2.05) is 33.8 Å². The van der Waals surface area contributed by atoms with Crippen LogP contribution in [-0.2, 0) is 4.74 Å². The van der Waals surface area contributed by atoms with Crippen molar-refractivity contribution in [2.75, 3.05) is 13.2 Å². The molecular formula is C25H38N4O5. The molecule has 4 bridgehead atoms. The number of ether oxygens (including phenoxy) is 2. The Kier molecular flexibility index (Phi) is 6.68. The van der Waals surface area contributed by atoms with Crippen LogP contribution in [0.1, 0.15) is 70.2 Å². The fourth-order valence-electron chi connectivity index (χ4n) is 6.03. The molecule has 2 amide bonds. The van der Waals surface area contributed by atoms with E-state index in [-0.39, 0.29) is 24.5 Å². The monoisotopic (exact) mass is 474 g/mol. The lowest BCUT2D eigenvalue weighted by Crippen LogP contribution is -2.61. The number of aliphatic hydroxyl groups is 1. The third kappa shape index (κ3) is 5.40. The molecule has 0 radical (unpaired) electrons. The number of rotatable bonds is 9. The van der Waals surface area contributed by atoms with Crippen molar-refractivity contribution in [2.24, 2.45) is 34.8 Å². The maximum Gasteiger partial charge on any atom is 0.404 e. The van der Waals surface area contributed by atoms with Crippen LogP contribution in [0.5, 0.6) is 5.88 Å². The summed E-state index contributed by atoms with van der Waals surface area (Å²) in [6.45, 7) is 8.45. The van der Waals surface area contributed by atoms with Crippen LogP contribution in [0, 0.1) is 29.1 Å². The van der Waals surface area contributed by atoms with Gasteiger partial charge in [0.2, 0.25) is 5.88 Å².